The number of anilines is 1. The van der Waals surface area contributed by atoms with Crippen LogP contribution in [-0.2, 0) is 11.2 Å². The maximum absolute atomic E-state index is 13.3. The molecule has 5 rings (SSSR count). The van der Waals surface area contributed by atoms with E-state index in [0.717, 1.165) is 61.0 Å². The summed E-state index contributed by atoms with van der Waals surface area (Å²) in [6.07, 6.45) is 4.67. The molecule has 3 fully saturated rings. The molecule has 35 heavy (non-hydrogen) atoms. The summed E-state index contributed by atoms with van der Waals surface area (Å²) in [6.45, 7) is 7.63. The predicted octanol–water partition coefficient (Wildman–Crippen LogP) is 4.63. The molecule has 0 radical (unpaired) electrons. The monoisotopic (exact) mass is 484 g/mol. The highest BCUT2D eigenvalue weighted by Crippen LogP contribution is 2.50. The number of benzene rings is 1. The number of likely N-dealkylation sites (tertiary alicyclic amines) is 1. The maximum atomic E-state index is 13.3. The molecular formula is C27H37FN4O3. The Morgan fingerprint density at radius 3 is 2.60 bits per heavy atom. The van der Waals surface area contributed by atoms with Gasteiger partial charge in [0.25, 0.3) is 0 Å². The largest absolute Gasteiger partial charge is 0.494 e. The van der Waals surface area contributed by atoms with Crippen molar-refractivity contribution < 1.29 is 18.4 Å². The molecule has 2 saturated heterocycles. The lowest BCUT2D eigenvalue weighted by molar-refractivity contribution is -0.129. The Kier molecular flexibility index (Phi) is 7.25. The minimum absolute atomic E-state index is 0.00169. The number of ether oxygens (including phenoxy) is 1. The number of aromatic nitrogens is 2. The molecule has 0 unspecified atom stereocenters. The third-order valence-electron chi connectivity index (χ3n) is 7.86. The van der Waals surface area contributed by atoms with Crippen LogP contribution in [-0.4, -0.2) is 59.9 Å². The van der Waals surface area contributed by atoms with Crippen LogP contribution < -0.4 is 9.64 Å². The van der Waals surface area contributed by atoms with Gasteiger partial charge in [0.15, 0.2) is 5.82 Å². The van der Waals surface area contributed by atoms with Gasteiger partial charge in [0.2, 0.25) is 5.91 Å². The first-order valence-electron chi connectivity index (χ1n) is 13.2. The molecule has 0 bridgehead atoms. The molecule has 0 spiro atoms. The van der Waals surface area contributed by atoms with Gasteiger partial charge in [-0.15, -0.1) is 0 Å². The summed E-state index contributed by atoms with van der Waals surface area (Å²) in [5, 5.41) is 4.09. The molecule has 2 aliphatic heterocycles. The van der Waals surface area contributed by atoms with Gasteiger partial charge in [-0.1, -0.05) is 31.1 Å². The first kappa shape index (κ1) is 24.1. The number of amides is 1. The fourth-order valence-corrected chi connectivity index (χ4v) is 5.55. The summed E-state index contributed by atoms with van der Waals surface area (Å²) in [7, 11) is 0. The van der Waals surface area contributed by atoms with E-state index in [1.165, 1.54) is 19.3 Å². The summed E-state index contributed by atoms with van der Waals surface area (Å²) in [6, 6.07) is 8.43. The van der Waals surface area contributed by atoms with Gasteiger partial charge in [-0.2, -0.15) is 4.98 Å². The van der Waals surface area contributed by atoms with Crippen LogP contribution in [0.3, 0.4) is 0 Å². The highest BCUT2D eigenvalue weighted by Gasteiger charge is 2.43. The lowest BCUT2D eigenvalue weighted by Crippen LogP contribution is -2.34. The summed E-state index contributed by atoms with van der Waals surface area (Å²) >= 11 is 0. The first-order chi connectivity index (χ1) is 17.0. The van der Waals surface area contributed by atoms with Crippen molar-refractivity contribution in [1.29, 1.82) is 0 Å². The molecule has 1 saturated carbocycles. The molecule has 2 aromatic rings. The Labute approximate surface area is 207 Å². The van der Waals surface area contributed by atoms with E-state index in [-0.39, 0.29) is 18.4 Å². The van der Waals surface area contributed by atoms with E-state index < -0.39 is 6.17 Å². The average Bonchev–Trinajstić information content (AvgIpc) is 3.23. The van der Waals surface area contributed by atoms with Crippen LogP contribution >= 0.6 is 0 Å². The Hall–Kier alpha value is -2.64. The fraction of sp³-hybridized carbons (Fsp3) is 0.667. The SMILES string of the molecule is CC(C)c1noc(N2CCC([C@H]3C[C@H]3CCOc3ccc(CC(=O)N4CC[C@@H](F)C4)cc3)CC2)n1. The molecular weight excluding hydrogens is 447 g/mol. The van der Waals surface area contributed by atoms with E-state index in [1.54, 1.807) is 4.90 Å². The number of halogens is 1. The van der Waals surface area contributed by atoms with Gasteiger partial charge in [0.1, 0.15) is 11.9 Å². The van der Waals surface area contributed by atoms with Crippen LogP contribution in [0.25, 0.3) is 0 Å². The Balaban J connectivity index is 0.990. The van der Waals surface area contributed by atoms with E-state index in [4.69, 9.17) is 9.26 Å². The molecule has 3 atom stereocenters. The highest BCUT2D eigenvalue weighted by molar-refractivity contribution is 5.79. The normalized spacial score (nSPS) is 24.9. The molecule has 1 aliphatic carbocycles. The van der Waals surface area contributed by atoms with Crippen molar-refractivity contribution in [2.75, 3.05) is 37.7 Å². The summed E-state index contributed by atoms with van der Waals surface area (Å²) in [4.78, 5) is 20.7. The van der Waals surface area contributed by atoms with Crippen molar-refractivity contribution in [2.45, 2.75) is 64.5 Å². The predicted molar refractivity (Wildman–Crippen MR) is 131 cm³/mol. The number of alkyl halides is 1. The third-order valence-corrected chi connectivity index (χ3v) is 7.86. The van der Waals surface area contributed by atoms with E-state index in [2.05, 4.69) is 28.9 Å². The van der Waals surface area contributed by atoms with Gasteiger partial charge in [0, 0.05) is 25.6 Å². The molecule has 0 N–H and O–H groups in total. The van der Waals surface area contributed by atoms with Crippen molar-refractivity contribution in [1.82, 2.24) is 15.0 Å². The van der Waals surface area contributed by atoms with Gasteiger partial charge >= 0.3 is 6.01 Å². The number of carbonyl (C=O) groups is 1. The highest BCUT2D eigenvalue weighted by atomic mass is 19.1. The Morgan fingerprint density at radius 2 is 1.94 bits per heavy atom. The van der Waals surface area contributed by atoms with Gasteiger partial charge in [-0.05, 0) is 67.6 Å². The minimum atomic E-state index is -0.872. The second kappa shape index (κ2) is 10.5. The average molecular weight is 485 g/mol. The van der Waals surface area contributed by atoms with Gasteiger partial charge < -0.3 is 19.1 Å². The van der Waals surface area contributed by atoms with Gasteiger partial charge in [-0.3, -0.25) is 4.79 Å². The second-order valence-corrected chi connectivity index (χ2v) is 10.8. The number of hydrogen-bond acceptors (Lipinski definition) is 6. The number of rotatable bonds is 9. The van der Waals surface area contributed by atoms with Crippen LogP contribution in [0.1, 0.15) is 63.3 Å². The minimum Gasteiger partial charge on any atom is -0.494 e. The summed E-state index contributed by atoms with van der Waals surface area (Å²) in [5.74, 6) is 4.28. The van der Waals surface area contributed by atoms with Crippen molar-refractivity contribution in [3.8, 4) is 5.75 Å². The topological polar surface area (TPSA) is 71.7 Å². The number of hydrogen-bond donors (Lipinski definition) is 0. The first-order valence-corrected chi connectivity index (χ1v) is 13.2. The molecule has 8 heteroatoms. The van der Waals surface area contributed by atoms with Crippen molar-refractivity contribution in [3.05, 3.63) is 35.7 Å². The van der Waals surface area contributed by atoms with Crippen LogP contribution in [0.4, 0.5) is 10.4 Å². The van der Waals surface area contributed by atoms with Crippen LogP contribution in [0.5, 0.6) is 5.75 Å². The maximum Gasteiger partial charge on any atom is 0.324 e. The number of carbonyl (C=O) groups excluding carboxylic acids is 1. The van der Waals surface area contributed by atoms with Gasteiger partial charge in [-0.25, -0.2) is 4.39 Å². The van der Waals surface area contributed by atoms with Crippen molar-refractivity contribution >= 4 is 11.9 Å². The smallest absolute Gasteiger partial charge is 0.324 e. The zero-order valence-corrected chi connectivity index (χ0v) is 20.9. The van der Waals surface area contributed by atoms with Crippen LogP contribution in [0, 0.1) is 17.8 Å². The van der Waals surface area contributed by atoms with E-state index in [0.29, 0.717) is 25.4 Å². The van der Waals surface area contributed by atoms with Gasteiger partial charge in [0.05, 0.1) is 19.6 Å². The zero-order chi connectivity index (χ0) is 24.4. The Morgan fingerprint density at radius 1 is 1.17 bits per heavy atom. The molecule has 3 heterocycles. The second-order valence-electron chi connectivity index (χ2n) is 10.8. The van der Waals surface area contributed by atoms with E-state index >= 15 is 0 Å². The fourth-order valence-electron chi connectivity index (χ4n) is 5.55. The molecule has 1 aromatic carbocycles. The van der Waals surface area contributed by atoms with Crippen LogP contribution in [0.2, 0.25) is 0 Å². The number of nitrogens with zero attached hydrogens (tertiary/aromatic N) is 4. The molecule has 7 nitrogen and oxygen atoms in total. The van der Waals surface area contributed by atoms with E-state index in [9.17, 15) is 9.18 Å². The lowest BCUT2D eigenvalue weighted by atomic mass is 9.90. The quantitative estimate of drug-likeness (QED) is 0.517. The standard InChI is InChI=1S/C27H37FN4O3/c1-18(2)26-29-27(35-30-26)31-11-7-20(8-12-31)24-16-21(24)10-14-34-23-5-3-19(4-6-23)15-25(33)32-13-9-22(28)17-32/h3-6,18,20-22,24H,7-17H2,1-2H3/t21-,22-,24-/m1/s1. The number of piperidine rings is 1. The molecule has 3 aliphatic rings. The zero-order valence-electron chi connectivity index (χ0n) is 20.9. The summed E-state index contributed by atoms with van der Waals surface area (Å²) in [5.41, 5.74) is 0.944. The summed E-state index contributed by atoms with van der Waals surface area (Å²) < 4.78 is 24.8. The molecule has 1 amide bonds. The van der Waals surface area contributed by atoms with Crippen LogP contribution in [0.15, 0.2) is 28.8 Å². The Bertz CT molecular complexity index is 987. The van der Waals surface area contributed by atoms with Crippen molar-refractivity contribution in [2.24, 2.45) is 17.8 Å². The lowest BCUT2D eigenvalue weighted by Gasteiger charge is -2.30. The molecule has 190 valence electrons. The third kappa shape index (κ3) is 5.96. The molecule has 1 aromatic heterocycles. The van der Waals surface area contributed by atoms with Crippen molar-refractivity contribution in [3.63, 3.8) is 0 Å². The van der Waals surface area contributed by atoms with E-state index in [1.807, 2.05) is 24.3 Å².